The highest BCUT2D eigenvalue weighted by molar-refractivity contribution is 9.11. The number of anilines is 1. The molecule has 7 heteroatoms. The van der Waals surface area contributed by atoms with Crippen molar-refractivity contribution in [3.8, 4) is 0 Å². The lowest BCUT2D eigenvalue weighted by Crippen LogP contribution is -2.10. The van der Waals surface area contributed by atoms with E-state index in [-0.39, 0.29) is 11.6 Å². The molecule has 104 valence electrons. The number of benzene rings is 1. The van der Waals surface area contributed by atoms with E-state index in [4.69, 9.17) is 0 Å². The highest BCUT2D eigenvalue weighted by Crippen LogP contribution is 2.28. The summed E-state index contributed by atoms with van der Waals surface area (Å²) in [5.41, 5.74) is 1.94. The van der Waals surface area contributed by atoms with Crippen LogP contribution in [0, 0.1) is 24.0 Å². The Bertz CT molecular complexity index is 677. The first-order valence-electron chi connectivity index (χ1n) is 5.71. The summed E-state index contributed by atoms with van der Waals surface area (Å²) in [5, 5.41) is 13.5. The Kier molecular flexibility index (Phi) is 4.20. The van der Waals surface area contributed by atoms with Gasteiger partial charge >= 0.3 is 0 Å². The molecular weight excluding hydrogens is 344 g/mol. The Balaban J connectivity index is 2.24. The first kappa shape index (κ1) is 14.7. The zero-order chi connectivity index (χ0) is 14.9. The number of carbonyl (C=O) groups excluding carboxylic acids is 1. The standard InChI is InChI=1S/C13H11BrN2O3S/c1-7-3-4-9(6-10(7)16(18)19)15-13(17)11-5-8(2)12(14)20-11/h3-6H,1-2H3,(H,15,17). The van der Waals surface area contributed by atoms with Crippen LogP contribution in [0.4, 0.5) is 11.4 Å². The summed E-state index contributed by atoms with van der Waals surface area (Å²) in [4.78, 5) is 23.0. The summed E-state index contributed by atoms with van der Waals surface area (Å²) < 4.78 is 0.900. The van der Waals surface area contributed by atoms with Crippen LogP contribution >= 0.6 is 27.3 Å². The van der Waals surface area contributed by atoms with E-state index in [1.807, 2.05) is 6.92 Å². The van der Waals surface area contributed by atoms with Crippen molar-refractivity contribution >= 4 is 44.5 Å². The van der Waals surface area contributed by atoms with Crippen molar-refractivity contribution in [3.05, 3.63) is 54.2 Å². The largest absolute Gasteiger partial charge is 0.321 e. The van der Waals surface area contributed by atoms with Crippen LogP contribution in [0.1, 0.15) is 20.8 Å². The Morgan fingerprint density at radius 3 is 2.55 bits per heavy atom. The average molecular weight is 355 g/mol. The maximum absolute atomic E-state index is 12.1. The van der Waals surface area contributed by atoms with Gasteiger partial charge in [0.05, 0.1) is 13.6 Å². The third-order valence-electron chi connectivity index (χ3n) is 2.74. The second-order valence-electron chi connectivity index (χ2n) is 4.28. The predicted molar refractivity (Wildman–Crippen MR) is 82.5 cm³/mol. The SMILES string of the molecule is Cc1ccc(NC(=O)c2cc(C)c(Br)s2)cc1[N+](=O)[O-]. The molecule has 5 nitrogen and oxygen atoms in total. The molecule has 1 heterocycles. The van der Waals surface area contributed by atoms with Gasteiger partial charge in [0.2, 0.25) is 0 Å². The van der Waals surface area contributed by atoms with Crippen LogP contribution in [0.3, 0.4) is 0 Å². The maximum Gasteiger partial charge on any atom is 0.274 e. The lowest BCUT2D eigenvalue weighted by molar-refractivity contribution is -0.385. The van der Waals surface area contributed by atoms with E-state index in [9.17, 15) is 14.9 Å². The number of hydrogen-bond acceptors (Lipinski definition) is 4. The van der Waals surface area contributed by atoms with Crippen LogP contribution in [-0.2, 0) is 0 Å². The van der Waals surface area contributed by atoms with Crippen LogP contribution in [-0.4, -0.2) is 10.8 Å². The molecule has 0 bridgehead atoms. The Morgan fingerprint density at radius 1 is 1.30 bits per heavy atom. The third kappa shape index (κ3) is 3.05. The lowest BCUT2D eigenvalue weighted by atomic mass is 10.2. The quantitative estimate of drug-likeness (QED) is 0.660. The number of carbonyl (C=O) groups is 1. The number of nitrogens with one attached hydrogen (secondary N) is 1. The number of hydrogen-bond donors (Lipinski definition) is 1. The zero-order valence-electron chi connectivity index (χ0n) is 10.8. The minimum absolute atomic E-state index is 0.00802. The molecule has 1 aromatic heterocycles. The fraction of sp³-hybridized carbons (Fsp3) is 0.154. The molecule has 0 saturated heterocycles. The first-order valence-corrected chi connectivity index (χ1v) is 7.31. The highest BCUT2D eigenvalue weighted by Gasteiger charge is 2.15. The maximum atomic E-state index is 12.1. The number of nitro groups is 1. The van der Waals surface area contributed by atoms with E-state index < -0.39 is 4.92 Å². The number of nitro benzene ring substituents is 1. The highest BCUT2D eigenvalue weighted by atomic mass is 79.9. The molecular formula is C13H11BrN2O3S. The van der Waals surface area contributed by atoms with E-state index in [1.165, 1.54) is 17.4 Å². The number of amides is 1. The summed E-state index contributed by atoms with van der Waals surface area (Å²) in [6, 6.07) is 6.40. The number of thiophene rings is 1. The van der Waals surface area contributed by atoms with Crippen molar-refractivity contribution < 1.29 is 9.72 Å². The molecule has 0 aliphatic rings. The number of aryl methyl sites for hydroxylation is 2. The minimum Gasteiger partial charge on any atom is -0.321 e. The molecule has 0 aliphatic carbocycles. The Hall–Kier alpha value is -1.73. The molecule has 1 N–H and O–H groups in total. The average Bonchev–Trinajstić information content (AvgIpc) is 2.72. The number of nitrogens with zero attached hydrogens (tertiary/aromatic N) is 1. The van der Waals surface area contributed by atoms with Crippen LogP contribution in [0.15, 0.2) is 28.1 Å². The third-order valence-corrected chi connectivity index (χ3v) is 4.88. The van der Waals surface area contributed by atoms with Crippen molar-refractivity contribution in [3.63, 3.8) is 0 Å². The number of halogens is 1. The molecule has 1 aromatic carbocycles. The van der Waals surface area contributed by atoms with E-state index >= 15 is 0 Å². The van der Waals surface area contributed by atoms with Gasteiger partial charge in [0, 0.05) is 17.3 Å². The summed E-state index contributed by atoms with van der Waals surface area (Å²) in [6.07, 6.45) is 0. The number of rotatable bonds is 3. The summed E-state index contributed by atoms with van der Waals surface area (Å²) in [5.74, 6) is -0.276. The van der Waals surface area contributed by atoms with Crippen molar-refractivity contribution in [2.45, 2.75) is 13.8 Å². The van der Waals surface area contributed by atoms with Crippen LogP contribution in [0.5, 0.6) is 0 Å². The van der Waals surface area contributed by atoms with Gasteiger partial charge in [-0.3, -0.25) is 14.9 Å². The van der Waals surface area contributed by atoms with Crippen molar-refractivity contribution in [1.29, 1.82) is 0 Å². The molecule has 0 spiro atoms. The van der Waals surface area contributed by atoms with Gasteiger partial charge < -0.3 is 5.32 Å². The molecule has 1 amide bonds. The molecule has 2 aromatic rings. The van der Waals surface area contributed by atoms with Crippen molar-refractivity contribution in [1.82, 2.24) is 0 Å². The van der Waals surface area contributed by atoms with Crippen LogP contribution in [0.2, 0.25) is 0 Å². The normalized spacial score (nSPS) is 10.3. The predicted octanol–water partition coefficient (Wildman–Crippen LogP) is 4.29. The van der Waals surface area contributed by atoms with Gasteiger partial charge in [-0.2, -0.15) is 0 Å². The van der Waals surface area contributed by atoms with E-state index in [1.54, 1.807) is 25.1 Å². The minimum atomic E-state index is -0.461. The summed E-state index contributed by atoms with van der Waals surface area (Å²) >= 11 is 4.69. The molecule has 0 atom stereocenters. The smallest absolute Gasteiger partial charge is 0.274 e. The second-order valence-corrected chi connectivity index (χ2v) is 6.65. The molecule has 0 radical (unpaired) electrons. The molecule has 0 aliphatic heterocycles. The van der Waals surface area contributed by atoms with Gasteiger partial charge in [-0.25, -0.2) is 0 Å². The van der Waals surface area contributed by atoms with Crippen molar-refractivity contribution in [2.24, 2.45) is 0 Å². The molecule has 0 saturated carbocycles. The van der Waals surface area contributed by atoms with Crippen LogP contribution in [0.25, 0.3) is 0 Å². The molecule has 2 rings (SSSR count). The topological polar surface area (TPSA) is 72.2 Å². The monoisotopic (exact) mass is 354 g/mol. The first-order chi connectivity index (χ1) is 9.38. The Labute approximate surface area is 127 Å². The second kappa shape index (κ2) is 5.72. The van der Waals surface area contributed by atoms with E-state index in [2.05, 4.69) is 21.2 Å². The zero-order valence-corrected chi connectivity index (χ0v) is 13.2. The van der Waals surface area contributed by atoms with Gasteiger partial charge in [-0.1, -0.05) is 6.07 Å². The fourth-order valence-electron chi connectivity index (χ4n) is 1.65. The lowest BCUT2D eigenvalue weighted by Gasteiger charge is -2.04. The summed E-state index contributed by atoms with van der Waals surface area (Å²) in [6.45, 7) is 3.55. The van der Waals surface area contributed by atoms with Gasteiger partial charge in [-0.15, -0.1) is 11.3 Å². The van der Waals surface area contributed by atoms with Crippen LogP contribution < -0.4 is 5.32 Å². The molecule has 20 heavy (non-hydrogen) atoms. The van der Waals surface area contributed by atoms with Gasteiger partial charge in [-0.05, 0) is 47.5 Å². The fourth-order valence-corrected chi connectivity index (χ4v) is 3.08. The molecule has 0 unspecified atom stereocenters. The Morgan fingerprint density at radius 2 is 2.00 bits per heavy atom. The van der Waals surface area contributed by atoms with E-state index in [0.717, 1.165) is 9.35 Å². The van der Waals surface area contributed by atoms with Gasteiger partial charge in [0.1, 0.15) is 0 Å². The van der Waals surface area contributed by atoms with Gasteiger partial charge in [0.25, 0.3) is 11.6 Å². The summed E-state index contributed by atoms with van der Waals surface area (Å²) in [7, 11) is 0. The van der Waals surface area contributed by atoms with E-state index in [0.29, 0.717) is 16.1 Å². The van der Waals surface area contributed by atoms with Crippen molar-refractivity contribution in [2.75, 3.05) is 5.32 Å². The molecule has 0 fully saturated rings. The van der Waals surface area contributed by atoms with Gasteiger partial charge in [0.15, 0.2) is 0 Å².